The van der Waals surface area contributed by atoms with Gasteiger partial charge in [0.1, 0.15) is 5.82 Å². The Kier molecular flexibility index (Phi) is 6.58. The number of thiophene rings is 1. The summed E-state index contributed by atoms with van der Waals surface area (Å²) in [4.78, 5) is 17.1. The highest BCUT2D eigenvalue weighted by Crippen LogP contribution is 2.51. The van der Waals surface area contributed by atoms with Crippen LogP contribution in [-0.4, -0.2) is 5.78 Å². The number of halogens is 3. The fourth-order valence-corrected chi connectivity index (χ4v) is 6.12. The van der Waals surface area contributed by atoms with E-state index >= 15 is 0 Å². The average molecular weight is 500 g/mol. The van der Waals surface area contributed by atoms with Crippen LogP contribution in [0.25, 0.3) is 0 Å². The van der Waals surface area contributed by atoms with Gasteiger partial charge in [-0.05, 0) is 55.0 Å². The largest absolute Gasteiger partial charge is 0.416 e. The summed E-state index contributed by atoms with van der Waals surface area (Å²) < 4.78 is 40.5. The van der Waals surface area contributed by atoms with Gasteiger partial charge >= 0.3 is 6.18 Å². The Morgan fingerprint density at radius 1 is 1.23 bits per heavy atom. The average Bonchev–Trinajstić information content (AvgIpc) is 3.24. The van der Waals surface area contributed by atoms with E-state index in [1.165, 1.54) is 21.9 Å². The first-order valence-electron chi connectivity index (χ1n) is 11.7. The number of ketones is 1. The fourth-order valence-electron chi connectivity index (χ4n) is 4.94. The zero-order valence-electron chi connectivity index (χ0n) is 20.0. The molecule has 2 aromatic rings. The maximum absolute atomic E-state index is 13.5. The SMILES string of the molecule is CCCCc1ccc(C2C(C#N)=C(N)N(c3cccc(C(F)(F)F)c3)C3=C2C(=O)CC(C)(C)C3)s1. The molecular formula is C27H28F3N3OS. The van der Waals surface area contributed by atoms with Crippen molar-refractivity contribution in [2.45, 2.75) is 65.0 Å². The first kappa shape index (κ1) is 25.1. The Labute approximate surface area is 207 Å². The zero-order valence-corrected chi connectivity index (χ0v) is 20.8. The number of alkyl halides is 3. The molecule has 0 amide bonds. The van der Waals surface area contributed by atoms with Gasteiger partial charge in [-0.1, -0.05) is 33.3 Å². The quantitative estimate of drug-likeness (QED) is 0.479. The van der Waals surface area contributed by atoms with Crippen molar-refractivity contribution in [2.24, 2.45) is 11.1 Å². The Morgan fingerprint density at radius 2 is 1.97 bits per heavy atom. The monoisotopic (exact) mass is 499 g/mol. The lowest BCUT2D eigenvalue weighted by atomic mass is 9.69. The third kappa shape index (κ3) is 4.74. The van der Waals surface area contributed by atoms with Gasteiger partial charge in [-0.15, -0.1) is 11.3 Å². The van der Waals surface area contributed by atoms with Gasteiger partial charge in [0.2, 0.25) is 0 Å². The minimum Gasteiger partial charge on any atom is -0.384 e. The number of unbranched alkanes of at least 4 members (excludes halogenated alkanes) is 1. The highest BCUT2D eigenvalue weighted by Gasteiger charge is 2.45. The van der Waals surface area contributed by atoms with Crippen LogP contribution in [0.4, 0.5) is 18.9 Å². The topological polar surface area (TPSA) is 70.1 Å². The van der Waals surface area contributed by atoms with Crippen LogP contribution in [-0.2, 0) is 17.4 Å². The van der Waals surface area contributed by atoms with E-state index in [-0.39, 0.29) is 22.9 Å². The summed E-state index contributed by atoms with van der Waals surface area (Å²) in [5.74, 6) is -0.632. The lowest BCUT2D eigenvalue weighted by molar-refractivity contribution is -0.137. The van der Waals surface area contributed by atoms with Crippen LogP contribution in [0.2, 0.25) is 0 Å². The molecule has 0 spiro atoms. The molecule has 0 bridgehead atoms. The summed E-state index contributed by atoms with van der Waals surface area (Å²) in [5.41, 5.74) is 6.76. The summed E-state index contributed by atoms with van der Waals surface area (Å²) >= 11 is 1.57. The summed E-state index contributed by atoms with van der Waals surface area (Å²) in [6.07, 6.45) is -0.770. The Balaban J connectivity index is 1.92. The number of carbonyl (C=O) groups is 1. The fraction of sp³-hybridized carbons (Fsp3) is 0.407. The molecule has 8 heteroatoms. The van der Waals surface area contributed by atoms with E-state index in [1.54, 1.807) is 11.3 Å². The summed E-state index contributed by atoms with van der Waals surface area (Å²) in [6.45, 7) is 6.04. The number of allylic oxidation sites excluding steroid dienone is 3. The van der Waals surface area contributed by atoms with Gasteiger partial charge in [-0.25, -0.2) is 0 Å². The number of nitriles is 1. The lowest BCUT2D eigenvalue weighted by Gasteiger charge is -2.43. The number of Topliss-reactive ketones (excluding diaryl/α,β-unsaturated/α-hetero) is 1. The molecule has 0 radical (unpaired) electrons. The van der Waals surface area contributed by atoms with Gasteiger partial charge in [0.25, 0.3) is 0 Å². The molecule has 1 atom stereocenters. The number of aryl methyl sites for hydroxylation is 1. The number of anilines is 1. The number of carbonyl (C=O) groups excluding carboxylic acids is 1. The first-order chi connectivity index (χ1) is 16.5. The van der Waals surface area contributed by atoms with Crippen molar-refractivity contribution in [2.75, 3.05) is 4.90 Å². The second-order valence-electron chi connectivity index (χ2n) is 9.94. The molecule has 4 rings (SSSR count). The minimum absolute atomic E-state index is 0.0737. The van der Waals surface area contributed by atoms with Crippen molar-refractivity contribution < 1.29 is 18.0 Å². The van der Waals surface area contributed by atoms with Crippen LogP contribution in [0.3, 0.4) is 0 Å². The lowest BCUT2D eigenvalue weighted by Crippen LogP contribution is -2.42. The van der Waals surface area contributed by atoms with Gasteiger partial charge < -0.3 is 5.73 Å². The number of hydrogen-bond acceptors (Lipinski definition) is 5. The van der Waals surface area contributed by atoms with E-state index in [0.29, 0.717) is 24.1 Å². The van der Waals surface area contributed by atoms with Crippen molar-refractivity contribution in [3.63, 3.8) is 0 Å². The minimum atomic E-state index is -4.53. The maximum Gasteiger partial charge on any atom is 0.416 e. The van der Waals surface area contributed by atoms with Gasteiger partial charge in [0, 0.05) is 33.1 Å². The molecule has 1 aliphatic heterocycles. The second kappa shape index (κ2) is 9.19. The zero-order chi connectivity index (χ0) is 25.5. The van der Waals surface area contributed by atoms with Gasteiger partial charge in [0.05, 0.1) is 23.1 Å². The highest BCUT2D eigenvalue weighted by atomic mass is 32.1. The number of hydrogen-bond donors (Lipinski definition) is 1. The molecule has 0 saturated carbocycles. The molecule has 184 valence electrons. The highest BCUT2D eigenvalue weighted by molar-refractivity contribution is 7.12. The number of rotatable bonds is 5. The van der Waals surface area contributed by atoms with Crippen LogP contribution in [0, 0.1) is 16.7 Å². The molecule has 1 aliphatic carbocycles. The molecule has 0 saturated heterocycles. The molecule has 2 N–H and O–H groups in total. The van der Waals surface area contributed by atoms with Crippen LogP contribution in [0.15, 0.2) is 59.1 Å². The van der Waals surface area contributed by atoms with Gasteiger partial charge in [-0.2, -0.15) is 18.4 Å². The normalized spacial score (nSPS) is 20.2. The van der Waals surface area contributed by atoms with Crippen molar-refractivity contribution in [3.05, 3.63) is 74.4 Å². The third-order valence-corrected chi connectivity index (χ3v) is 7.77. The molecule has 1 aromatic carbocycles. The standard InChI is InChI=1S/C27H28F3N3OS/c1-4-5-9-18-10-11-22(35-18)23-19(15-31)25(32)33(17-8-6-7-16(12-17)27(28,29)30)20-13-26(2,3)14-21(34)24(20)23/h6-8,10-12,23H,4-5,9,13-14,32H2,1-3H3. The molecule has 1 aromatic heterocycles. The second-order valence-corrected chi connectivity index (χ2v) is 11.1. The first-order valence-corrected chi connectivity index (χ1v) is 12.5. The molecule has 2 aliphatic rings. The smallest absolute Gasteiger partial charge is 0.384 e. The van der Waals surface area contributed by atoms with E-state index in [1.807, 2.05) is 26.0 Å². The van der Waals surface area contributed by atoms with E-state index in [4.69, 9.17) is 5.73 Å². The van der Waals surface area contributed by atoms with Crippen LogP contribution < -0.4 is 10.6 Å². The van der Waals surface area contributed by atoms with Gasteiger partial charge in [-0.3, -0.25) is 9.69 Å². The Morgan fingerprint density at radius 3 is 2.63 bits per heavy atom. The molecule has 1 unspecified atom stereocenters. The third-order valence-electron chi connectivity index (χ3n) is 6.56. The summed E-state index contributed by atoms with van der Waals surface area (Å²) in [7, 11) is 0. The van der Waals surface area contributed by atoms with Crippen molar-refractivity contribution in [1.82, 2.24) is 0 Å². The van der Waals surface area contributed by atoms with Crippen LogP contribution >= 0.6 is 11.3 Å². The molecule has 2 heterocycles. The van der Waals surface area contributed by atoms with Crippen molar-refractivity contribution >= 4 is 22.8 Å². The molecule has 35 heavy (non-hydrogen) atoms. The molecule has 0 fully saturated rings. The summed E-state index contributed by atoms with van der Waals surface area (Å²) in [6, 6.07) is 11.0. The van der Waals surface area contributed by atoms with Crippen LogP contribution in [0.1, 0.15) is 67.7 Å². The maximum atomic E-state index is 13.5. The van der Waals surface area contributed by atoms with E-state index < -0.39 is 23.1 Å². The predicted octanol–water partition coefficient (Wildman–Crippen LogP) is 7.05. The number of nitrogens with two attached hydrogens (primary N) is 1. The molecular weight excluding hydrogens is 471 g/mol. The van der Waals surface area contributed by atoms with Crippen molar-refractivity contribution in [1.29, 1.82) is 5.26 Å². The van der Waals surface area contributed by atoms with Gasteiger partial charge in [0.15, 0.2) is 5.78 Å². The van der Waals surface area contributed by atoms with Crippen molar-refractivity contribution in [3.8, 4) is 6.07 Å². The van der Waals surface area contributed by atoms with E-state index in [2.05, 4.69) is 13.0 Å². The Bertz CT molecular complexity index is 1260. The van der Waals surface area contributed by atoms with E-state index in [9.17, 15) is 23.2 Å². The van der Waals surface area contributed by atoms with E-state index in [0.717, 1.165) is 36.3 Å². The Hall–Kier alpha value is -3.05. The predicted molar refractivity (Wildman–Crippen MR) is 131 cm³/mol. The van der Waals surface area contributed by atoms with Crippen LogP contribution in [0.5, 0.6) is 0 Å². The summed E-state index contributed by atoms with van der Waals surface area (Å²) in [5, 5.41) is 10.1. The molecule has 4 nitrogen and oxygen atoms in total. The number of nitrogens with zero attached hydrogens (tertiary/aromatic N) is 2. The number of benzene rings is 1.